The Morgan fingerprint density at radius 1 is 1.33 bits per heavy atom. The van der Waals surface area contributed by atoms with Crippen LogP contribution in [0.1, 0.15) is 50.5 Å². The summed E-state index contributed by atoms with van der Waals surface area (Å²) >= 11 is 0. The van der Waals surface area contributed by atoms with Gasteiger partial charge in [-0.3, -0.25) is 4.79 Å². The van der Waals surface area contributed by atoms with Crippen LogP contribution in [0.3, 0.4) is 0 Å². The first kappa shape index (κ1) is 19.9. The Labute approximate surface area is 142 Å². The van der Waals surface area contributed by atoms with Crippen molar-refractivity contribution < 1.29 is 23.5 Å². The van der Waals surface area contributed by atoms with E-state index in [2.05, 4.69) is 5.32 Å². The van der Waals surface area contributed by atoms with E-state index in [9.17, 15) is 14.0 Å². The first-order valence-corrected chi connectivity index (χ1v) is 7.91. The zero-order chi connectivity index (χ0) is 18.5. The highest BCUT2D eigenvalue weighted by molar-refractivity contribution is 5.79. The Hall–Kier alpha value is -2.11. The summed E-state index contributed by atoms with van der Waals surface area (Å²) in [5.41, 5.74) is -0.0692. The van der Waals surface area contributed by atoms with Gasteiger partial charge in [0, 0.05) is 0 Å². The molecule has 1 aromatic rings. The van der Waals surface area contributed by atoms with E-state index in [-0.39, 0.29) is 24.1 Å². The lowest BCUT2D eigenvalue weighted by molar-refractivity contribution is 0.0468. The van der Waals surface area contributed by atoms with E-state index in [0.717, 1.165) is 6.07 Å². The van der Waals surface area contributed by atoms with Gasteiger partial charge in [-0.15, -0.1) is 0 Å². The number of rotatable bonds is 6. The van der Waals surface area contributed by atoms with Gasteiger partial charge in [-0.05, 0) is 51.3 Å². The first-order chi connectivity index (χ1) is 11.0. The third kappa shape index (κ3) is 6.18. The monoisotopic (exact) mass is 339 g/mol. The molecule has 0 radical (unpaired) electrons. The lowest BCUT2D eigenvalue weighted by atomic mass is 10.1. The highest BCUT2D eigenvalue weighted by Gasteiger charge is 2.22. The van der Waals surface area contributed by atoms with Crippen molar-refractivity contribution in [3.8, 4) is 5.75 Å². The van der Waals surface area contributed by atoms with Gasteiger partial charge in [0.05, 0.1) is 11.6 Å². The number of aryl methyl sites for hydroxylation is 1. The second-order valence-electron chi connectivity index (χ2n) is 7.06. The largest absolute Gasteiger partial charge is 0.491 e. The summed E-state index contributed by atoms with van der Waals surface area (Å²) in [6.45, 7) is 10.9. The fourth-order valence-electron chi connectivity index (χ4n) is 1.93. The van der Waals surface area contributed by atoms with Crippen LogP contribution in [-0.2, 0) is 4.74 Å². The van der Waals surface area contributed by atoms with Gasteiger partial charge in [0.1, 0.15) is 23.8 Å². The highest BCUT2D eigenvalue weighted by atomic mass is 19.1. The lowest BCUT2D eigenvalue weighted by Gasteiger charge is -2.26. The molecule has 1 unspecified atom stereocenters. The Kier molecular flexibility index (Phi) is 6.75. The van der Waals surface area contributed by atoms with Crippen LogP contribution in [0.15, 0.2) is 12.1 Å². The Morgan fingerprint density at radius 2 is 1.96 bits per heavy atom. The van der Waals surface area contributed by atoms with E-state index in [1.54, 1.807) is 27.7 Å². The van der Waals surface area contributed by atoms with Crippen molar-refractivity contribution in [1.29, 1.82) is 0 Å². The molecule has 0 aromatic heterocycles. The summed E-state index contributed by atoms with van der Waals surface area (Å²) in [5.74, 6) is -0.0870. The molecule has 1 rings (SSSR count). The van der Waals surface area contributed by atoms with Crippen LogP contribution in [-0.4, -0.2) is 30.6 Å². The van der Waals surface area contributed by atoms with Crippen LogP contribution in [0.4, 0.5) is 9.18 Å². The fraction of sp³-hybridized carbons (Fsp3) is 0.556. The van der Waals surface area contributed by atoms with Crippen molar-refractivity contribution in [1.82, 2.24) is 5.32 Å². The van der Waals surface area contributed by atoms with Crippen molar-refractivity contribution in [2.75, 3.05) is 6.61 Å². The molecular weight excluding hydrogens is 313 g/mol. The van der Waals surface area contributed by atoms with Gasteiger partial charge >= 0.3 is 6.09 Å². The molecule has 24 heavy (non-hydrogen) atoms. The average molecular weight is 339 g/mol. The number of carbonyl (C=O) groups excluding carboxylic acids is 2. The maximum absolute atomic E-state index is 13.5. The molecule has 0 saturated heterocycles. The summed E-state index contributed by atoms with van der Waals surface area (Å²) < 4.78 is 24.4. The number of hydrogen-bond donors (Lipinski definition) is 1. The van der Waals surface area contributed by atoms with Crippen LogP contribution >= 0.6 is 0 Å². The van der Waals surface area contributed by atoms with Crippen LogP contribution in [0.2, 0.25) is 0 Å². The van der Waals surface area contributed by atoms with E-state index in [1.165, 1.54) is 6.07 Å². The van der Waals surface area contributed by atoms with E-state index < -0.39 is 17.5 Å². The Morgan fingerprint density at radius 3 is 2.46 bits per heavy atom. The van der Waals surface area contributed by atoms with Crippen LogP contribution in [0, 0.1) is 18.7 Å². The second kappa shape index (κ2) is 8.13. The molecule has 0 aliphatic heterocycles. The van der Waals surface area contributed by atoms with E-state index in [1.807, 2.05) is 13.8 Å². The minimum atomic E-state index is -0.592. The molecule has 5 nitrogen and oxygen atoms in total. The lowest BCUT2D eigenvalue weighted by Crippen LogP contribution is -2.45. The standard InChI is InChI=1S/C18H26FNO4/c1-11(2)15(20-17(22)24-18(4,5)6)10-23-16-7-12(3)14(19)8-13(16)9-21/h7-9,11,15H,10H2,1-6H3,(H,20,22). The topological polar surface area (TPSA) is 64.6 Å². The van der Waals surface area contributed by atoms with Crippen LogP contribution < -0.4 is 10.1 Å². The SMILES string of the molecule is Cc1cc(OCC(NC(=O)OC(C)(C)C)C(C)C)c(C=O)cc1F. The normalized spacial score (nSPS) is 12.7. The highest BCUT2D eigenvalue weighted by Crippen LogP contribution is 2.22. The number of hydrogen-bond acceptors (Lipinski definition) is 4. The first-order valence-electron chi connectivity index (χ1n) is 7.91. The van der Waals surface area contributed by atoms with Crippen LogP contribution in [0.25, 0.3) is 0 Å². The second-order valence-corrected chi connectivity index (χ2v) is 7.06. The molecule has 134 valence electrons. The third-order valence-electron chi connectivity index (χ3n) is 3.34. The molecule has 6 heteroatoms. The zero-order valence-electron chi connectivity index (χ0n) is 15.1. The van der Waals surface area contributed by atoms with Crippen molar-refractivity contribution in [2.24, 2.45) is 5.92 Å². The molecule has 0 bridgehead atoms. The van der Waals surface area contributed by atoms with Gasteiger partial charge in [0.25, 0.3) is 0 Å². The summed E-state index contributed by atoms with van der Waals surface area (Å²) in [6.07, 6.45) is 0.0134. The molecule has 0 aliphatic carbocycles. The molecule has 1 aromatic carbocycles. The maximum atomic E-state index is 13.5. The fourth-order valence-corrected chi connectivity index (χ4v) is 1.93. The van der Waals surface area contributed by atoms with E-state index in [0.29, 0.717) is 17.6 Å². The Balaban J connectivity index is 2.79. The molecule has 0 fully saturated rings. The summed E-state index contributed by atoms with van der Waals surface area (Å²) in [5, 5.41) is 2.76. The number of halogens is 1. The molecule has 1 N–H and O–H groups in total. The number of ether oxygens (including phenoxy) is 2. The number of carbonyl (C=O) groups is 2. The number of alkyl carbamates (subject to hydrolysis) is 1. The van der Waals surface area contributed by atoms with E-state index in [4.69, 9.17) is 9.47 Å². The molecule has 0 spiro atoms. The van der Waals surface area contributed by atoms with E-state index >= 15 is 0 Å². The van der Waals surface area contributed by atoms with Crippen LogP contribution in [0.5, 0.6) is 5.75 Å². The minimum absolute atomic E-state index is 0.0822. The zero-order valence-corrected chi connectivity index (χ0v) is 15.1. The predicted molar refractivity (Wildman–Crippen MR) is 90.0 cm³/mol. The van der Waals surface area contributed by atoms with Gasteiger partial charge in [0.15, 0.2) is 6.29 Å². The predicted octanol–water partition coefficient (Wildman–Crippen LogP) is 3.87. The summed E-state index contributed by atoms with van der Waals surface area (Å²) in [7, 11) is 0. The average Bonchev–Trinajstić information content (AvgIpc) is 2.44. The molecule has 0 saturated carbocycles. The maximum Gasteiger partial charge on any atom is 0.407 e. The van der Waals surface area contributed by atoms with Crippen molar-refractivity contribution in [2.45, 2.75) is 53.2 Å². The van der Waals surface area contributed by atoms with Gasteiger partial charge in [-0.25, -0.2) is 9.18 Å². The van der Waals surface area contributed by atoms with Gasteiger partial charge < -0.3 is 14.8 Å². The van der Waals surface area contributed by atoms with Crippen molar-refractivity contribution >= 4 is 12.4 Å². The smallest absolute Gasteiger partial charge is 0.407 e. The summed E-state index contributed by atoms with van der Waals surface area (Å²) in [4.78, 5) is 23.0. The molecular formula is C18H26FNO4. The number of nitrogens with one attached hydrogen (secondary N) is 1. The quantitative estimate of drug-likeness (QED) is 0.799. The Bertz CT molecular complexity index is 593. The number of amides is 1. The van der Waals surface area contributed by atoms with Gasteiger partial charge in [-0.1, -0.05) is 13.8 Å². The van der Waals surface area contributed by atoms with Gasteiger partial charge in [-0.2, -0.15) is 0 Å². The molecule has 0 heterocycles. The molecule has 0 aliphatic rings. The minimum Gasteiger partial charge on any atom is -0.491 e. The van der Waals surface area contributed by atoms with Crippen molar-refractivity contribution in [3.05, 3.63) is 29.1 Å². The summed E-state index contributed by atoms with van der Waals surface area (Å²) in [6, 6.07) is 2.30. The molecule has 1 atom stereocenters. The molecule has 1 amide bonds. The van der Waals surface area contributed by atoms with Gasteiger partial charge in [0.2, 0.25) is 0 Å². The third-order valence-corrected chi connectivity index (χ3v) is 3.34. The number of benzene rings is 1. The van der Waals surface area contributed by atoms with Crippen molar-refractivity contribution in [3.63, 3.8) is 0 Å². The number of aldehydes is 1.